The number of piperidine rings is 1. The van der Waals surface area contributed by atoms with Gasteiger partial charge < -0.3 is 10.1 Å². The van der Waals surface area contributed by atoms with Gasteiger partial charge in [0.05, 0.1) is 12.2 Å². The fourth-order valence-corrected chi connectivity index (χ4v) is 3.45. The molecule has 7 nitrogen and oxygen atoms in total. The molecule has 0 saturated carbocycles. The van der Waals surface area contributed by atoms with Crippen molar-refractivity contribution in [1.82, 2.24) is 25.2 Å². The van der Waals surface area contributed by atoms with Crippen LogP contribution in [0, 0.1) is 0 Å². The number of hydrogen-bond donors (Lipinski definition) is 1. The van der Waals surface area contributed by atoms with Gasteiger partial charge in [0.25, 0.3) is 5.91 Å². The van der Waals surface area contributed by atoms with Crippen molar-refractivity contribution in [3.05, 3.63) is 54.4 Å². The molecule has 0 aliphatic carbocycles. The Bertz CT molecular complexity index is 802. The lowest BCUT2D eigenvalue weighted by Crippen LogP contribution is -2.36. The molecule has 3 rings (SSSR count). The van der Waals surface area contributed by atoms with E-state index in [1.165, 1.54) is 5.56 Å². The number of para-hydroxylation sites is 1. The van der Waals surface area contributed by atoms with E-state index >= 15 is 0 Å². The molecule has 28 heavy (non-hydrogen) atoms. The molecule has 1 aromatic carbocycles. The van der Waals surface area contributed by atoms with Crippen LogP contribution < -0.4 is 10.1 Å². The number of benzene rings is 1. The van der Waals surface area contributed by atoms with E-state index in [2.05, 4.69) is 33.2 Å². The number of aromatic nitrogens is 3. The molecular weight excluding hydrogens is 354 g/mol. The molecule has 0 radical (unpaired) electrons. The summed E-state index contributed by atoms with van der Waals surface area (Å²) < 4.78 is 7.62. The number of nitrogens with one attached hydrogen (secondary N) is 1. The molecule has 1 aliphatic heterocycles. The number of nitrogens with zero attached hydrogens (tertiary/aromatic N) is 4. The van der Waals surface area contributed by atoms with Gasteiger partial charge in [-0.15, -0.1) is 5.10 Å². The Morgan fingerprint density at radius 1 is 1.43 bits per heavy atom. The third kappa shape index (κ3) is 5.19. The van der Waals surface area contributed by atoms with Gasteiger partial charge in [-0.05, 0) is 39.3 Å². The highest BCUT2D eigenvalue weighted by molar-refractivity contribution is 5.91. The fourth-order valence-electron chi connectivity index (χ4n) is 3.45. The first-order valence-electron chi connectivity index (χ1n) is 9.83. The molecule has 1 fully saturated rings. The molecule has 1 aromatic heterocycles. The number of carbonyl (C=O) groups excluding carboxylic acids is 1. The summed E-state index contributed by atoms with van der Waals surface area (Å²) in [5, 5.41) is 11.1. The molecule has 150 valence electrons. The SMILES string of the molecule is C=CCOc1ccccc1CN1CCCC(n2cc(C(=O)NC(C)C)nn2)C1. The van der Waals surface area contributed by atoms with Crippen LogP contribution in [-0.4, -0.2) is 51.5 Å². The largest absolute Gasteiger partial charge is 0.489 e. The van der Waals surface area contributed by atoms with Gasteiger partial charge in [-0.25, -0.2) is 4.68 Å². The van der Waals surface area contributed by atoms with Gasteiger partial charge in [0.15, 0.2) is 5.69 Å². The van der Waals surface area contributed by atoms with Crippen molar-refractivity contribution >= 4 is 5.91 Å². The van der Waals surface area contributed by atoms with E-state index in [0.29, 0.717) is 12.3 Å². The molecule has 0 bridgehead atoms. The first-order chi connectivity index (χ1) is 13.6. The van der Waals surface area contributed by atoms with Crippen LogP contribution in [0.1, 0.15) is 48.8 Å². The van der Waals surface area contributed by atoms with E-state index < -0.39 is 0 Å². The van der Waals surface area contributed by atoms with Crippen molar-refractivity contribution in [1.29, 1.82) is 0 Å². The zero-order chi connectivity index (χ0) is 19.9. The molecule has 1 atom stereocenters. The number of likely N-dealkylation sites (tertiary alicyclic amines) is 1. The van der Waals surface area contributed by atoms with Gasteiger partial charge >= 0.3 is 0 Å². The quantitative estimate of drug-likeness (QED) is 0.710. The molecule has 2 aromatic rings. The van der Waals surface area contributed by atoms with Gasteiger partial charge in [-0.3, -0.25) is 9.69 Å². The van der Waals surface area contributed by atoms with E-state index in [4.69, 9.17) is 4.74 Å². The van der Waals surface area contributed by atoms with Gasteiger partial charge in [-0.2, -0.15) is 0 Å². The monoisotopic (exact) mass is 383 g/mol. The molecule has 2 heterocycles. The van der Waals surface area contributed by atoms with Gasteiger partial charge in [0.1, 0.15) is 12.4 Å². The normalized spacial score (nSPS) is 17.5. The average molecular weight is 383 g/mol. The maximum Gasteiger partial charge on any atom is 0.273 e. The van der Waals surface area contributed by atoms with Crippen LogP contribution in [0.25, 0.3) is 0 Å². The average Bonchev–Trinajstić information content (AvgIpc) is 3.17. The Kier molecular flexibility index (Phi) is 6.81. The molecule has 1 aliphatic rings. The summed E-state index contributed by atoms with van der Waals surface area (Å²) in [5.41, 5.74) is 1.54. The predicted octanol–water partition coefficient (Wildman–Crippen LogP) is 2.82. The minimum Gasteiger partial charge on any atom is -0.489 e. The summed E-state index contributed by atoms with van der Waals surface area (Å²) in [7, 11) is 0. The summed E-state index contributed by atoms with van der Waals surface area (Å²) in [5.74, 6) is 0.722. The number of ether oxygens (including phenoxy) is 1. The molecular formula is C21H29N5O2. The Balaban J connectivity index is 1.64. The highest BCUT2D eigenvalue weighted by Gasteiger charge is 2.24. The van der Waals surface area contributed by atoms with Crippen LogP contribution in [0.15, 0.2) is 43.1 Å². The van der Waals surface area contributed by atoms with Crippen LogP contribution in [0.3, 0.4) is 0 Å². The third-order valence-corrected chi connectivity index (χ3v) is 4.74. The zero-order valence-electron chi connectivity index (χ0n) is 16.7. The number of hydrogen-bond acceptors (Lipinski definition) is 5. The van der Waals surface area contributed by atoms with Crippen molar-refractivity contribution in [2.75, 3.05) is 19.7 Å². The Hall–Kier alpha value is -2.67. The second-order valence-electron chi connectivity index (χ2n) is 7.45. The van der Waals surface area contributed by atoms with E-state index in [-0.39, 0.29) is 18.0 Å². The standard InChI is InChI=1S/C21H29N5O2/c1-4-12-28-20-10-6-5-8-17(20)13-25-11-7-9-18(14-25)26-15-19(23-24-26)21(27)22-16(2)3/h4-6,8,10,15-16,18H,1,7,9,11-14H2,2-3H3,(H,22,27). The summed E-state index contributed by atoms with van der Waals surface area (Å²) in [6, 6.07) is 8.41. The number of amides is 1. The fraction of sp³-hybridized carbons (Fsp3) is 0.476. The molecule has 1 amide bonds. The van der Waals surface area contributed by atoms with Gasteiger partial charge in [0.2, 0.25) is 0 Å². The van der Waals surface area contributed by atoms with Crippen LogP contribution in [0.4, 0.5) is 0 Å². The van der Waals surface area contributed by atoms with Crippen molar-refractivity contribution in [3.63, 3.8) is 0 Å². The van der Waals surface area contributed by atoms with Crippen molar-refractivity contribution in [3.8, 4) is 5.75 Å². The van der Waals surface area contributed by atoms with E-state index in [0.717, 1.165) is 38.2 Å². The van der Waals surface area contributed by atoms with Crippen LogP contribution in [0.5, 0.6) is 5.75 Å². The molecule has 1 unspecified atom stereocenters. The summed E-state index contributed by atoms with van der Waals surface area (Å²) in [6.07, 6.45) is 5.62. The summed E-state index contributed by atoms with van der Waals surface area (Å²) >= 11 is 0. The smallest absolute Gasteiger partial charge is 0.273 e. The van der Waals surface area contributed by atoms with E-state index in [9.17, 15) is 4.79 Å². The summed E-state index contributed by atoms with van der Waals surface area (Å²) in [6.45, 7) is 10.8. The highest BCUT2D eigenvalue weighted by atomic mass is 16.5. The first kappa shape index (κ1) is 20.1. The number of rotatable bonds is 8. The molecule has 1 N–H and O–H groups in total. The van der Waals surface area contributed by atoms with Crippen LogP contribution in [-0.2, 0) is 6.54 Å². The minimum absolute atomic E-state index is 0.0752. The van der Waals surface area contributed by atoms with Crippen molar-refractivity contribution in [2.45, 2.75) is 45.3 Å². The maximum absolute atomic E-state index is 12.1. The van der Waals surface area contributed by atoms with Gasteiger partial charge in [-0.1, -0.05) is 36.1 Å². The maximum atomic E-state index is 12.1. The zero-order valence-corrected chi connectivity index (χ0v) is 16.7. The van der Waals surface area contributed by atoms with Crippen LogP contribution >= 0.6 is 0 Å². The topological polar surface area (TPSA) is 72.3 Å². The second kappa shape index (κ2) is 9.50. The third-order valence-electron chi connectivity index (χ3n) is 4.74. The van der Waals surface area contributed by atoms with Crippen molar-refractivity contribution in [2.24, 2.45) is 0 Å². The summed E-state index contributed by atoms with van der Waals surface area (Å²) in [4.78, 5) is 14.5. The molecule has 1 saturated heterocycles. The first-order valence-corrected chi connectivity index (χ1v) is 9.83. The molecule has 0 spiro atoms. The lowest BCUT2D eigenvalue weighted by molar-refractivity contribution is 0.0938. The van der Waals surface area contributed by atoms with Crippen molar-refractivity contribution < 1.29 is 9.53 Å². The van der Waals surface area contributed by atoms with E-state index in [1.807, 2.05) is 36.7 Å². The highest BCUT2D eigenvalue weighted by Crippen LogP contribution is 2.25. The number of carbonyl (C=O) groups is 1. The lowest BCUT2D eigenvalue weighted by atomic mass is 10.0. The van der Waals surface area contributed by atoms with E-state index in [1.54, 1.807) is 12.3 Å². The van der Waals surface area contributed by atoms with Gasteiger partial charge in [0, 0.05) is 24.7 Å². The second-order valence-corrected chi connectivity index (χ2v) is 7.45. The Morgan fingerprint density at radius 2 is 2.25 bits per heavy atom. The van der Waals surface area contributed by atoms with Crippen LogP contribution in [0.2, 0.25) is 0 Å². The lowest BCUT2D eigenvalue weighted by Gasteiger charge is -2.32. The predicted molar refractivity (Wildman–Crippen MR) is 108 cm³/mol. The minimum atomic E-state index is -0.179. The molecule has 7 heteroatoms. The Morgan fingerprint density at radius 3 is 3.04 bits per heavy atom. The Labute approximate surface area is 166 Å².